The van der Waals surface area contributed by atoms with Crippen LogP contribution < -0.4 is 0 Å². The topological polar surface area (TPSA) is 50.4 Å². The fraction of sp³-hybridized carbons (Fsp3) is 0.0833. The molecule has 0 aliphatic heterocycles. The highest BCUT2D eigenvalue weighted by molar-refractivity contribution is 7.98. The Kier molecular flexibility index (Phi) is 4.22. The first kappa shape index (κ1) is 13.3. The van der Waals surface area contributed by atoms with Gasteiger partial charge < -0.3 is 9.52 Å². The fourth-order valence-corrected chi connectivity index (χ4v) is 2.61. The molecule has 1 aromatic carbocycles. The minimum absolute atomic E-state index is 0.183. The second-order valence-electron chi connectivity index (χ2n) is 3.43. The van der Waals surface area contributed by atoms with E-state index >= 15 is 0 Å². The summed E-state index contributed by atoms with van der Waals surface area (Å²) < 4.78 is 5.14. The van der Waals surface area contributed by atoms with Crippen molar-refractivity contribution in [3.63, 3.8) is 0 Å². The predicted octanol–water partition coefficient (Wildman–Crippen LogP) is 4.58. The van der Waals surface area contributed by atoms with Crippen LogP contribution in [0.15, 0.2) is 39.8 Å². The van der Waals surface area contributed by atoms with Crippen molar-refractivity contribution < 1.29 is 14.3 Å². The molecule has 0 fully saturated rings. The Morgan fingerprint density at radius 2 is 2.06 bits per heavy atom. The van der Waals surface area contributed by atoms with Gasteiger partial charge in [0, 0.05) is 4.90 Å². The fourth-order valence-electron chi connectivity index (χ4n) is 1.36. The van der Waals surface area contributed by atoms with Gasteiger partial charge >= 0.3 is 5.97 Å². The number of carboxylic acid groups (broad SMARTS) is 1. The molecule has 0 aliphatic carbocycles. The lowest BCUT2D eigenvalue weighted by molar-refractivity contribution is 0.0695. The molecule has 0 atom stereocenters. The van der Waals surface area contributed by atoms with Gasteiger partial charge in [0.2, 0.25) is 0 Å². The summed E-state index contributed by atoms with van der Waals surface area (Å²) in [5, 5.41) is 9.89. The lowest BCUT2D eigenvalue weighted by atomic mass is 10.3. The number of carboxylic acids is 1. The molecule has 18 heavy (non-hydrogen) atoms. The van der Waals surface area contributed by atoms with Crippen LogP contribution in [0, 0.1) is 0 Å². The highest BCUT2D eigenvalue weighted by atomic mass is 35.5. The van der Waals surface area contributed by atoms with E-state index in [0.29, 0.717) is 21.6 Å². The molecular formula is C12H8Cl2O3S. The van der Waals surface area contributed by atoms with Crippen molar-refractivity contribution >= 4 is 40.9 Å². The lowest BCUT2D eigenvalue weighted by Crippen LogP contribution is -1.97. The minimum atomic E-state index is -0.992. The summed E-state index contributed by atoms with van der Waals surface area (Å²) in [6.45, 7) is 0. The van der Waals surface area contributed by atoms with Crippen molar-refractivity contribution in [2.45, 2.75) is 10.6 Å². The predicted molar refractivity (Wildman–Crippen MR) is 71.7 cm³/mol. The molecule has 0 saturated heterocycles. The molecule has 0 aliphatic rings. The third kappa shape index (κ3) is 3.02. The van der Waals surface area contributed by atoms with Crippen LogP contribution in [0.1, 0.15) is 16.1 Å². The van der Waals surface area contributed by atoms with Gasteiger partial charge in [-0.1, -0.05) is 23.2 Å². The van der Waals surface area contributed by atoms with Crippen LogP contribution >= 0.6 is 35.0 Å². The molecule has 94 valence electrons. The van der Waals surface area contributed by atoms with Crippen LogP contribution in [-0.4, -0.2) is 11.1 Å². The van der Waals surface area contributed by atoms with E-state index < -0.39 is 5.97 Å². The van der Waals surface area contributed by atoms with Gasteiger partial charge in [-0.05, 0) is 24.3 Å². The van der Waals surface area contributed by atoms with E-state index in [2.05, 4.69) is 0 Å². The zero-order chi connectivity index (χ0) is 13.1. The number of halogens is 2. The lowest BCUT2D eigenvalue weighted by Gasteiger charge is -2.02. The van der Waals surface area contributed by atoms with Crippen LogP contribution in [0.3, 0.4) is 0 Å². The summed E-state index contributed by atoms with van der Waals surface area (Å²) >= 11 is 13.1. The van der Waals surface area contributed by atoms with E-state index in [4.69, 9.17) is 32.7 Å². The Morgan fingerprint density at radius 3 is 2.72 bits per heavy atom. The standard InChI is InChI=1S/C12H8Cl2O3S/c13-9-2-1-7(5-10(9)14)18-6-11-8(12(15)16)3-4-17-11/h1-5H,6H2,(H,15,16). The first-order valence-corrected chi connectivity index (χ1v) is 6.69. The van der Waals surface area contributed by atoms with Crippen molar-refractivity contribution in [3.05, 3.63) is 51.9 Å². The largest absolute Gasteiger partial charge is 0.478 e. The van der Waals surface area contributed by atoms with Gasteiger partial charge in [-0.3, -0.25) is 0 Å². The minimum Gasteiger partial charge on any atom is -0.478 e. The van der Waals surface area contributed by atoms with E-state index in [1.807, 2.05) is 6.07 Å². The van der Waals surface area contributed by atoms with Crippen LogP contribution in [0.2, 0.25) is 10.0 Å². The van der Waals surface area contributed by atoms with Crippen molar-refractivity contribution in [2.75, 3.05) is 0 Å². The van der Waals surface area contributed by atoms with E-state index in [9.17, 15) is 4.79 Å². The molecule has 0 bridgehead atoms. The molecule has 2 aromatic rings. The molecule has 6 heteroatoms. The van der Waals surface area contributed by atoms with E-state index in [-0.39, 0.29) is 5.56 Å². The molecule has 0 unspecified atom stereocenters. The Morgan fingerprint density at radius 1 is 1.28 bits per heavy atom. The Labute approximate surface area is 118 Å². The summed E-state index contributed by atoms with van der Waals surface area (Å²) in [4.78, 5) is 11.8. The Balaban J connectivity index is 2.09. The third-order valence-electron chi connectivity index (χ3n) is 2.24. The molecule has 1 N–H and O–H groups in total. The number of furan rings is 1. The quantitative estimate of drug-likeness (QED) is 0.840. The van der Waals surface area contributed by atoms with Gasteiger partial charge in [0.25, 0.3) is 0 Å². The molecule has 1 heterocycles. The van der Waals surface area contributed by atoms with Gasteiger partial charge in [-0.2, -0.15) is 0 Å². The number of hydrogen-bond acceptors (Lipinski definition) is 3. The average Bonchev–Trinajstić information content (AvgIpc) is 2.79. The van der Waals surface area contributed by atoms with Crippen LogP contribution in [0.5, 0.6) is 0 Å². The molecule has 2 rings (SSSR count). The Bertz CT molecular complexity index is 580. The normalized spacial score (nSPS) is 10.6. The van der Waals surface area contributed by atoms with E-state index in [1.165, 1.54) is 24.1 Å². The summed E-state index contributed by atoms with van der Waals surface area (Å²) in [6, 6.07) is 6.69. The number of carbonyl (C=O) groups is 1. The number of benzene rings is 1. The van der Waals surface area contributed by atoms with Crippen molar-refractivity contribution in [1.29, 1.82) is 0 Å². The molecule has 0 saturated carbocycles. The van der Waals surface area contributed by atoms with Crippen molar-refractivity contribution in [1.82, 2.24) is 0 Å². The summed E-state index contributed by atoms with van der Waals surface area (Å²) in [7, 11) is 0. The molecule has 0 amide bonds. The Hall–Kier alpha value is -1.10. The maximum Gasteiger partial charge on any atom is 0.339 e. The maximum absolute atomic E-state index is 10.9. The molecule has 1 aromatic heterocycles. The zero-order valence-corrected chi connectivity index (χ0v) is 11.4. The van der Waals surface area contributed by atoms with Gasteiger partial charge in [0.1, 0.15) is 11.3 Å². The molecule has 0 radical (unpaired) electrons. The highest BCUT2D eigenvalue weighted by Crippen LogP contribution is 2.30. The summed E-state index contributed by atoms with van der Waals surface area (Å²) in [5.41, 5.74) is 0.183. The first-order valence-electron chi connectivity index (χ1n) is 4.95. The average molecular weight is 303 g/mol. The van der Waals surface area contributed by atoms with Gasteiger partial charge in [-0.25, -0.2) is 4.79 Å². The summed E-state index contributed by atoms with van der Waals surface area (Å²) in [5.74, 6) is -0.140. The highest BCUT2D eigenvalue weighted by Gasteiger charge is 2.13. The number of thioether (sulfide) groups is 1. The van der Waals surface area contributed by atoms with Crippen LogP contribution in [0.25, 0.3) is 0 Å². The SMILES string of the molecule is O=C(O)c1ccoc1CSc1ccc(Cl)c(Cl)c1. The van der Waals surface area contributed by atoms with Crippen molar-refractivity contribution in [3.8, 4) is 0 Å². The molecule has 0 spiro atoms. The van der Waals surface area contributed by atoms with Crippen molar-refractivity contribution in [2.24, 2.45) is 0 Å². The van der Waals surface area contributed by atoms with E-state index in [0.717, 1.165) is 4.90 Å². The van der Waals surface area contributed by atoms with Crippen LogP contribution in [0.4, 0.5) is 0 Å². The van der Waals surface area contributed by atoms with E-state index in [1.54, 1.807) is 12.1 Å². The summed E-state index contributed by atoms with van der Waals surface area (Å²) in [6.07, 6.45) is 1.37. The van der Waals surface area contributed by atoms with Crippen LogP contribution in [-0.2, 0) is 5.75 Å². The number of hydrogen-bond donors (Lipinski definition) is 1. The third-order valence-corrected chi connectivity index (χ3v) is 3.97. The second kappa shape index (κ2) is 5.69. The molecule has 3 nitrogen and oxygen atoms in total. The smallest absolute Gasteiger partial charge is 0.339 e. The zero-order valence-electron chi connectivity index (χ0n) is 9.02. The monoisotopic (exact) mass is 302 g/mol. The first-order chi connectivity index (χ1) is 8.58. The number of rotatable bonds is 4. The second-order valence-corrected chi connectivity index (χ2v) is 5.29. The van der Waals surface area contributed by atoms with Gasteiger partial charge in [0.15, 0.2) is 0 Å². The number of aromatic carboxylic acids is 1. The molecular weight excluding hydrogens is 295 g/mol. The van der Waals surface area contributed by atoms with Gasteiger partial charge in [0.05, 0.1) is 22.1 Å². The van der Waals surface area contributed by atoms with Gasteiger partial charge in [-0.15, -0.1) is 11.8 Å². The maximum atomic E-state index is 10.9.